The van der Waals surface area contributed by atoms with E-state index in [2.05, 4.69) is 4.74 Å². The Morgan fingerprint density at radius 1 is 1.35 bits per heavy atom. The second kappa shape index (κ2) is 6.32. The summed E-state index contributed by atoms with van der Waals surface area (Å²) in [7, 11) is 1.16. The number of carbonyl (C=O) groups is 2. The van der Waals surface area contributed by atoms with Crippen LogP contribution in [0.2, 0.25) is 0 Å². The highest BCUT2D eigenvalue weighted by Crippen LogP contribution is 2.34. The smallest absolute Gasteiger partial charge is 0.493 e. The van der Waals surface area contributed by atoms with Crippen LogP contribution in [0.1, 0.15) is 16.8 Å². The van der Waals surface area contributed by atoms with Gasteiger partial charge in [0.05, 0.1) is 7.11 Å². The fourth-order valence-electron chi connectivity index (χ4n) is 2.16. The van der Waals surface area contributed by atoms with Gasteiger partial charge in [-0.25, -0.2) is 5.48 Å². The van der Waals surface area contributed by atoms with Gasteiger partial charge in [-0.2, -0.15) is 0 Å². The number of ether oxygens (including phenoxy) is 2. The number of amides is 2. The Labute approximate surface area is 128 Å². The van der Waals surface area contributed by atoms with E-state index < -0.39 is 30.0 Å². The molecule has 1 unspecified atom stereocenters. The maximum Gasteiger partial charge on any atom is 0.573 e. The summed E-state index contributed by atoms with van der Waals surface area (Å²) in [5.74, 6) is -2.26. The number of hydrogen-bond donors (Lipinski definition) is 2. The maximum absolute atomic E-state index is 12.4. The monoisotopic (exact) mass is 334 g/mol. The number of methoxy groups -OCH3 is 1. The van der Waals surface area contributed by atoms with Crippen molar-refractivity contribution in [3.63, 3.8) is 0 Å². The molecule has 23 heavy (non-hydrogen) atoms. The molecular formula is C13H13F3N2O5. The van der Waals surface area contributed by atoms with Crippen molar-refractivity contribution in [2.24, 2.45) is 0 Å². The minimum Gasteiger partial charge on any atom is -0.493 e. The lowest BCUT2D eigenvalue weighted by molar-refractivity contribution is -0.275. The SMILES string of the molecule is COc1ccc(C(=O)N2CCC2C(=O)NO)cc1OC(F)(F)F. The van der Waals surface area contributed by atoms with E-state index in [-0.39, 0.29) is 17.9 Å². The van der Waals surface area contributed by atoms with Crippen molar-refractivity contribution >= 4 is 11.8 Å². The number of hydroxylamine groups is 1. The van der Waals surface area contributed by atoms with Crippen LogP contribution in [0.25, 0.3) is 0 Å². The standard InChI is InChI=1S/C13H13F3N2O5/c1-22-9-3-2-7(6-10(9)23-13(14,15)16)12(20)18-5-4-8(18)11(19)17-21/h2-3,6,8,21H,4-5H2,1H3,(H,17,19). The van der Waals surface area contributed by atoms with Gasteiger partial charge in [-0.05, 0) is 24.6 Å². The van der Waals surface area contributed by atoms with Crippen molar-refractivity contribution in [3.8, 4) is 11.5 Å². The first-order valence-corrected chi connectivity index (χ1v) is 6.45. The average molecular weight is 334 g/mol. The lowest BCUT2D eigenvalue weighted by atomic mass is 10.0. The molecule has 126 valence electrons. The zero-order valence-corrected chi connectivity index (χ0v) is 11.9. The fraction of sp³-hybridized carbons (Fsp3) is 0.385. The topological polar surface area (TPSA) is 88.1 Å². The summed E-state index contributed by atoms with van der Waals surface area (Å²) in [6, 6.07) is 2.45. The number of nitrogens with one attached hydrogen (secondary N) is 1. The molecule has 0 saturated carbocycles. The minimum absolute atomic E-state index is 0.0968. The van der Waals surface area contributed by atoms with Crippen LogP contribution in [0, 0.1) is 0 Å². The highest BCUT2D eigenvalue weighted by atomic mass is 19.4. The molecule has 0 spiro atoms. The largest absolute Gasteiger partial charge is 0.573 e. The average Bonchev–Trinajstić information content (AvgIpc) is 2.44. The summed E-state index contributed by atoms with van der Waals surface area (Å²) in [6.45, 7) is 0.248. The molecule has 1 aromatic carbocycles. The zero-order chi connectivity index (χ0) is 17.2. The van der Waals surface area contributed by atoms with Gasteiger partial charge in [-0.3, -0.25) is 14.8 Å². The Kier molecular flexibility index (Phi) is 4.64. The number of alkyl halides is 3. The maximum atomic E-state index is 12.4. The number of hydrogen-bond acceptors (Lipinski definition) is 5. The van der Waals surface area contributed by atoms with E-state index >= 15 is 0 Å². The molecule has 0 bridgehead atoms. The van der Waals surface area contributed by atoms with Crippen LogP contribution in [-0.2, 0) is 4.79 Å². The van der Waals surface area contributed by atoms with E-state index in [1.54, 1.807) is 0 Å². The Morgan fingerprint density at radius 3 is 2.52 bits per heavy atom. The minimum atomic E-state index is -4.94. The van der Waals surface area contributed by atoms with Gasteiger partial charge in [0.1, 0.15) is 6.04 Å². The van der Waals surface area contributed by atoms with Gasteiger partial charge in [-0.1, -0.05) is 0 Å². The molecular weight excluding hydrogens is 321 g/mol. The van der Waals surface area contributed by atoms with E-state index in [0.29, 0.717) is 6.42 Å². The molecule has 2 amide bonds. The van der Waals surface area contributed by atoms with Crippen LogP contribution in [0.5, 0.6) is 11.5 Å². The third-order valence-corrected chi connectivity index (χ3v) is 3.33. The van der Waals surface area contributed by atoms with Crippen LogP contribution in [0.15, 0.2) is 18.2 Å². The molecule has 1 aliphatic rings. The number of nitrogens with zero attached hydrogens (tertiary/aromatic N) is 1. The van der Waals surface area contributed by atoms with E-state index in [0.717, 1.165) is 24.1 Å². The van der Waals surface area contributed by atoms with Crippen molar-refractivity contribution in [3.05, 3.63) is 23.8 Å². The molecule has 10 heteroatoms. The molecule has 1 aliphatic heterocycles. The molecule has 1 fully saturated rings. The normalized spacial score (nSPS) is 17.3. The first-order chi connectivity index (χ1) is 10.8. The Bertz CT molecular complexity index is 620. The first kappa shape index (κ1) is 16.9. The third-order valence-electron chi connectivity index (χ3n) is 3.33. The van der Waals surface area contributed by atoms with Crippen LogP contribution >= 0.6 is 0 Å². The van der Waals surface area contributed by atoms with E-state index in [1.165, 1.54) is 11.5 Å². The molecule has 0 aromatic heterocycles. The lowest BCUT2D eigenvalue weighted by Gasteiger charge is -2.39. The van der Waals surface area contributed by atoms with E-state index in [1.807, 2.05) is 0 Å². The Balaban J connectivity index is 2.24. The molecule has 7 nitrogen and oxygen atoms in total. The van der Waals surface area contributed by atoms with Crippen LogP contribution in [-0.4, -0.2) is 48.0 Å². The molecule has 2 N–H and O–H groups in total. The summed E-state index contributed by atoms with van der Waals surface area (Å²) in [5, 5.41) is 8.58. The summed E-state index contributed by atoms with van der Waals surface area (Å²) < 4.78 is 45.7. The third kappa shape index (κ3) is 3.65. The zero-order valence-electron chi connectivity index (χ0n) is 11.9. The highest BCUT2D eigenvalue weighted by Gasteiger charge is 2.38. The quantitative estimate of drug-likeness (QED) is 0.640. The summed E-state index contributed by atoms with van der Waals surface area (Å²) in [4.78, 5) is 24.7. The molecule has 1 aromatic rings. The van der Waals surface area contributed by atoms with Crippen molar-refractivity contribution in [1.82, 2.24) is 10.4 Å². The molecule has 0 radical (unpaired) electrons. The molecule has 1 saturated heterocycles. The summed E-state index contributed by atoms with van der Waals surface area (Å²) >= 11 is 0. The molecule has 1 heterocycles. The van der Waals surface area contributed by atoms with Gasteiger partial charge >= 0.3 is 6.36 Å². The number of halogens is 3. The van der Waals surface area contributed by atoms with Gasteiger partial charge in [-0.15, -0.1) is 13.2 Å². The Hall–Kier alpha value is -2.49. The number of benzene rings is 1. The van der Waals surface area contributed by atoms with Crippen LogP contribution in [0.3, 0.4) is 0 Å². The van der Waals surface area contributed by atoms with Gasteiger partial charge < -0.3 is 14.4 Å². The predicted octanol–water partition coefficient (Wildman–Crippen LogP) is 1.31. The first-order valence-electron chi connectivity index (χ1n) is 6.45. The fourth-order valence-corrected chi connectivity index (χ4v) is 2.16. The Morgan fingerprint density at radius 2 is 2.04 bits per heavy atom. The number of likely N-dealkylation sites (tertiary alicyclic amines) is 1. The van der Waals surface area contributed by atoms with Crippen molar-refractivity contribution in [2.45, 2.75) is 18.8 Å². The van der Waals surface area contributed by atoms with Gasteiger partial charge in [0.2, 0.25) is 0 Å². The number of carbonyl (C=O) groups excluding carboxylic acids is 2. The van der Waals surface area contributed by atoms with Crippen LogP contribution < -0.4 is 15.0 Å². The highest BCUT2D eigenvalue weighted by molar-refractivity contribution is 5.99. The second-order valence-corrected chi connectivity index (χ2v) is 4.69. The van der Waals surface area contributed by atoms with Gasteiger partial charge in [0, 0.05) is 12.1 Å². The molecule has 2 rings (SSSR count). The van der Waals surface area contributed by atoms with Crippen molar-refractivity contribution in [1.29, 1.82) is 0 Å². The number of rotatable bonds is 4. The van der Waals surface area contributed by atoms with Crippen molar-refractivity contribution < 1.29 is 37.4 Å². The van der Waals surface area contributed by atoms with E-state index in [9.17, 15) is 22.8 Å². The molecule has 0 aliphatic carbocycles. The predicted molar refractivity (Wildman–Crippen MR) is 69.0 cm³/mol. The van der Waals surface area contributed by atoms with Gasteiger partial charge in [0.25, 0.3) is 11.8 Å². The molecule has 1 atom stereocenters. The summed E-state index contributed by atoms with van der Waals surface area (Å²) in [5.41, 5.74) is 1.34. The van der Waals surface area contributed by atoms with Crippen molar-refractivity contribution in [2.75, 3.05) is 13.7 Å². The summed E-state index contributed by atoms with van der Waals surface area (Å²) in [6.07, 6.45) is -4.59. The second-order valence-electron chi connectivity index (χ2n) is 4.69. The lowest BCUT2D eigenvalue weighted by Crippen LogP contribution is -2.57. The van der Waals surface area contributed by atoms with Crippen LogP contribution in [0.4, 0.5) is 13.2 Å². The van der Waals surface area contributed by atoms with E-state index in [4.69, 9.17) is 9.94 Å². The van der Waals surface area contributed by atoms with Gasteiger partial charge in [0.15, 0.2) is 11.5 Å².